The molecule has 3 rings (SSSR count). The topological polar surface area (TPSA) is 58.6 Å². The van der Waals surface area contributed by atoms with Crippen molar-refractivity contribution in [2.75, 3.05) is 7.11 Å². The lowest BCUT2D eigenvalue weighted by Crippen LogP contribution is -2.41. The van der Waals surface area contributed by atoms with Gasteiger partial charge in [-0.05, 0) is 36.8 Å². The van der Waals surface area contributed by atoms with E-state index >= 15 is 0 Å². The van der Waals surface area contributed by atoms with Gasteiger partial charge in [-0.2, -0.15) is 8.78 Å². The molecule has 1 aliphatic heterocycles. The van der Waals surface area contributed by atoms with Crippen LogP contribution in [-0.2, 0) is 16.9 Å². The van der Waals surface area contributed by atoms with Crippen molar-refractivity contribution in [3.8, 4) is 5.75 Å². The Morgan fingerprint density at radius 1 is 1.24 bits per heavy atom. The molecule has 1 heterocycles. The minimum Gasteiger partial charge on any atom is -0.496 e. The summed E-state index contributed by atoms with van der Waals surface area (Å²) in [4.78, 5) is 26.7. The number of imide groups is 1. The van der Waals surface area contributed by atoms with E-state index in [4.69, 9.17) is 16.3 Å². The number of benzene rings is 2. The highest BCUT2D eigenvalue weighted by Crippen LogP contribution is 2.37. The molecule has 1 fully saturated rings. The molecule has 0 spiro atoms. The molecule has 0 aromatic heterocycles. The van der Waals surface area contributed by atoms with Crippen molar-refractivity contribution in [2.45, 2.75) is 29.7 Å². The average Bonchev–Trinajstić information content (AvgIpc) is 2.86. The van der Waals surface area contributed by atoms with Crippen LogP contribution in [0.4, 0.5) is 18.0 Å². The van der Waals surface area contributed by atoms with Crippen LogP contribution >= 0.6 is 23.4 Å². The molecule has 5 nitrogen and oxygen atoms in total. The van der Waals surface area contributed by atoms with Crippen LogP contribution in [0.25, 0.3) is 0 Å². The number of halogens is 4. The standard InChI is InChI=1S/C19H16ClF3N2O3S/c1-19(12-5-4-11(21)8-13(12)20)16(26)25(18(27)24-19)9-10-3-6-15(29-17(22)23)14(7-10)28-2/h3-8,17H,9H2,1-2H3,(H,24,27). The number of amides is 3. The molecule has 2 aromatic carbocycles. The summed E-state index contributed by atoms with van der Waals surface area (Å²) in [7, 11) is 1.34. The Bertz CT molecular complexity index is 976. The number of urea groups is 1. The number of thioether (sulfide) groups is 1. The smallest absolute Gasteiger partial charge is 0.325 e. The van der Waals surface area contributed by atoms with Gasteiger partial charge in [-0.15, -0.1) is 0 Å². The number of hydrogen-bond donors (Lipinski definition) is 1. The van der Waals surface area contributed by atoms with Crippen molar-refractivity contribution in [2.24, 2.45) is 0 Å². The minimum atomic E-state index is -2.61. The first-order valence-electron chi connectivity index (χ1n) is 8.37. The first kappa shape index (κ1) is 21.3. The molecule has 0 aliphatic carbocycles. The van der Waals surface area contributed by atoms with Crippen molar-refractivity contribution >= 4 is 35.3 Å². The summed E-state index contributed by atoms with van der Waals surface area (Å²) in [6.45, 7) is 1.38. The number of nitrogens with zero attached hydrogens (tertiary/aromatic N) is 1. The normalized spacial score (nSPS) is 19.1. The Morgan fingerprint density at radius 2 is 1.97 bits per heavy atom. The van der Waals surface area contributed by atoms with Gasteiger partial charge >= 0.3 is 6.03 Å². The second kappa shape index (κ2) is 8.16. The fourth-order valence-electron chi connectivity index (χ4n) is 3.10. The minimum absolute atomic E-state index is 0.0121. The van der Waals surface area contributed by atoms with Crippen molar-refractivity contribution in [1.29, 1.82) is 0 Å². The molecular weight excluding hydrogens is 429 g/mol. The van der Waals surface area contributed by atoms with Crippen LogP contribution in [0.1, 0.15) is 18.1 Å². The Labute approximate surface area is 174 Å². The molecule has 1 unspecified atom stereocenters. The van der Waals surface area contributed by atoms with Crippen molar-refractivity contribution in [1.82, 2.24) is 10.2 Å². The molecule has 0 saturated carbocycles. The number of rotatable bonds is 6. The van der Waals surface area contributed by atoms with E-state index in [1.807, 2.05) is 0 Å². The maximum absolute atomic E-state index is 13.4. The third kappa shape index (κ3) is 4.16. The van der Waals surface area contributed by atoms with Crippen molar-refractivity contribution in [3.63, 3.8) is 0 Å². The van der Waals surface area contributed by atoms with E-state index in [1.54, 1.807) is 0 Å². The Morgan fingerprint density at radius 3 is 2.59 bits per heavy atom. The van der Waals surface area contributed by atoms with Gasteiger partial charge in [-0.1, -0.05) is 35.5 Å². The Balaban J connectivity index is 1.87. The summed E-state index contributed by atoms with van der Waals surface area (Å²) >= 11 is 6.41. The van der Waals surface area contributed by atoms with Gasteiger partial charge in [-0.3, -0.25) is 9.69 Å². The van der Waals surface area contributed by atoms with E-state index in [9.17, 15) is 22.8 Å². The fraction of sp³-hybridized carbons (Fsp3) is 0.263. The molecule has 29 heavy (non-hydrogen) atoms. The first-order chi connectivity index (χ1) is 13.7. The third-order valence-electron chi connectivity index (χ3n) is 4.53. The van der Waals surface area contributed by atoms with E-state index in [0.29, 0.717) is 17.3 Å². The molecule has 154 valence electrons. The van der Waals surface area contributed by atoms with Gasteiger partial charge in [0.05, 0.1) is 18.6 Å². The molecule has 0 radical (unpaired) electrons. The van der Waals surface area contributed by atoms with E-state index in [-0.39, 0.29) is 27.8 Å². The van der Waals surface area contributed by atoms with E-state index < -0.39 is 29.1 Å². The zero-order chi connectivity index (χ0) is 21.3. The van der Waals surface area contributed by atoms with Gasteiger partial charge in [0.2, 0.25) is 0 Å². The van der Waals surface area contributed by atoms with Gasteiger partial charge in [-0.25, -0.2) is 9.18 Å². The average molecular weight is 445 g/mol. The van der Waals surface area contributed by atoms with Gasteiger partial charge in [0, 0.05) is 10.6 Å². The lowest BCUT2D eigenvalue weighted by atomic mass is 9.92. The fourth-order valence-corrected chi connectivity index (χ4v) is 4.06. The molecule has 10 heteroatoms. The number of alkyl halides is 2. The Kier molecular flexibility index (Phi) is 6.00. The second-order valence-electron chi connectivity index (χ2n) is 6.43. The SMILES string of the molecule is COc1cc(CN2C(=O)NC(C)(c3ccc(F)cc3Cl)C2=O)ccc1SC(F)F. The summed E-state index contributed by atoms with van der Waals surface area (Å²) in [5.41, 5.74) is -0.682. The molecular formula is C19H16ClF3N2O3S. The van der Waals surface area contributed by atoms with Gasteiger partial charge in [0.25, 0.3) is 11.7 Å². The summed E-state index contributed by atoms with van der Waals surface area (Å²) in [5, 5.41) is 2.60. The number of carbonyl (C=O) groups is 2. The molecule has 1 aliphatic rings. The first-order valence-corrected chi connectivity index (χ1v) is 9.63. The zero-order valence-electron chi connectivity index (χ0n) is 15.3. The van der Waals surface area contributed by atoms with Crippen LogP contribution in [0.15, 0.2) is 41.3 Å². The predicted molar refractivity (Wildman–Crippen MR) is 103 cm³/mol. The highest BCUT2D eigenvalue weighted by Gasteiger charge is 2.49. The largest absolute Gasteiger partial charge is 0.496 e. The van der Waals surface area contributed by atoms with Crippen LogP contribution in [0.5, 0.6) is 5.75 Å². The van der Waals surface area contributed by atoms with Crippen LogP contribution in [0.3, 0.4) is 0 Å². The monoisotopic (exact) mass is 444 g/mol. The van der Waals surface area contributed by atoms with Crippen LogP contribution in [0.2, 0.25) is 5.02 Å². The molecule has 0 bridgehead atoms. The summed E-state index contributed by atoms with van der Waals surface area (Å²) in [5.74, 6) is -3.53. The van der Waals surface area contributed by atoms with Gasteiger partial charge in [0.1, 0.15) is 17.1 Å². The van der Waals surface area contributed by atoms with Crippen molar-refractivity contribution in [3.05, 3.63) is 58.4 Å². The second-order valence-corrected chi connectivity index (χ2v) is 7.87. The van der Waals surface area contributed by atoms with Crippen molar-refractivity contribution < 1.29 is 27.5 Å². The highest BCUT2D eigenvalue weighted by atomic mass is 35.5. The maximum Gasteiger partial charge on any atom is 0.325 e. The lowest BCUT2D eigenvalue weighted by Gasteiger charge is -2.23. The third-order valence-corrected chi connectivity index (χ3v) is 5.61. The molecule has 1 atom stereocenters. The number of carbonyl (C=O) groups excluding carboxylic acids is 2. The van der Waals surface area contributed by atoms with Gasteiger partial charge in [0.15, 0.2) is 0 Å². The number of ether oxygens (including phenoxy) is 1. The lowest BCUT2D eigenvalue weighted by molar-refractivity contribution is -0.131. The summed E-state index contributed by atoms with van der Waals surface area (Å²) in [6.07, 6.45) is 0. The van der Waals surface area contributed by atoms with Gasteiger partial charge < -0.3 is 10.1 Å². The predicted octanol–water partition coefficient (Wildman–Crippen LogP) is 4.77. The quantitative estimate of drug-likeness (QED) is 0.515. The van der Waals surface area contributed by atoms with Crippen LogP contribution in [-0.4, -0.2) is 29.7 Å². The molecule has 1 saturated heterocycles. The van der Waals surface area contributed by atoms with Crippen LogP contribution < -0.4 is 10.1 Å². The molecule has 3 amide bonds. The highest BCUT2D eigenvalue weighted by molar-refractivity contribution is 7.99. The van der Waals surface area contributed by atoms with Crippen LogP contribution in [0, 0.1) is 5.82 Å². The summed E-state index contributed by atoms with van der Waals surface area (Å²) < 4.78 is 43.8. The maximum atomic E-state index is 13.4. The summed E-state index contributed by atoms with van der Waals surface area (Å²) in [6, 6.07) is 7.38. The number of methoxy groups -OCH3 is 1. The van der Waals surface area contributed by atoms with E-state index in [0.717, 1.165) is 17.0 Å². The number of nitrogens with one attached hydrogen (secondary N) is 1. The molecule has 1 N–H and O–H groups in total. The Hall–Kier alpha value is -2.39. The molecule has 2 aromatic rings. The number of hydrogen-bond acceptors (Lipinski definition) is 4. The van der Waals surface area contributed by atoms with E-state index in [2.05, 4.69) is 5.32 Å². The zero-order valence-corrected chi connectivity index (χ0v) is 16.9. The van der Waals surface area contributed by atoms with E-state index in [1.165, 1.54) is 38.3 Å².